The van der Waals surface area contributed by atoms with Crippen LogP contribution in [0.15, 0.2) is 59.6 Å². The van der Waals surface area contributed by atoms with Crippen molar-refractivity contribution in [2.45, 2.75) is 6.17 Å². The molecule has 0 bridgehead atoms. The van der Waals surface area contributed by atoms with Gasteiger partial charge in [-0.2, -0.15) is 0 Å². The van der Waals surface area contributed by atoms with Gasteiger partial charge in [0.25, 0.3) is 11.1 Å². The van der Waals surface area contributed by atoms with E-state index in [9.17, 15) is 14.4 Å². The number of anilines is 1. The van der Waals surface area contributed by atoms with E-state index in [1.807, 2.05) is 42.5 Å². The average molecular weight is 368 g/mol. The molecule has 132 valence electrons. The lowest BCUT2D eigenvalue weighted by Gasteiger charge is -2.23. The SMILES string of the molecule is NSC(=O)NC1N=C(c2ccccc2)c2ccccc2N(CC=O)C1=O. The van der Waals surface area contributed by atoms with E-state index >= 15 is 0 Å². The third-order valence-corrected chi connectivity index (χ3v) is 4.21. The zero-order chi connectivity index (χ0) is 18.5. The van der Waals surface area contributed by atoms with E-state index in [1.165, 1.54) is 4.90 Å². The van der Waals surface area contributed by atoms with Gasteiger partial charge in [0.2, 0.25) is 6.17 Å². The van der Waals surface area contributed by atoms with Gasteiger partial charge in [-0.1, -0.05) is 48.5 Å². The van der Waals surface area contributed by atoms with Gasteiger partial charge in [0.05, 0.1) is 17.9 Å². The number of aliphatic imine (C=N–C) groups is 1. The Kier molecular flexibility index (Phi) is 5.45. The summed E-state index contributed by atoms with van der Waals surface area (Å²) >= 11 is 0.463. The number of nitrogens with one attached hydrogen (secondary N) is 1. The molecule has 1 atom stereocenters. The summed E-state index contributed by atoms with van der Waals surface area (Å²) in [5.41, 5.74) is 2.60. The maximum absolute atomic E-state index is 12.9. The summed E-state index contributed by atoms with van der Waals surface area (Å²) < 4.78 is 0. The van der Waals surface area contributed by atoms with Crippen LogP contribution in [0.1, 0.15) is 11.1 Å². The second-order valence-electron chi connectivity index (χ2n) is 5.43. The van der Waals surface area contributed by atoms with Crippen LogP contribution in [0.2, 0.25) is 0 Å². The molecule has 1 unspecified atom stereocenters. The zero-order valence-corrected chi connectivity index (χ0v) is 14.5. The molecule has 3 N–H and O–H groups in total. The molecule has 8 heteroatoms. The quantitative estimate of drug-likeness (QED) is 0.631. The summed E-state index contributed by atoms with van der Waals surface area (Å²) in [7, 11) is 0. The second-order valence-corrected chi connectivity index (χ2v) is 6.04. The van der Waals surface area contributed by atoms with Crippen molar-refractivity contribution < 1.29 is 14.4 Å². The average Bonchev–Trinajstić information content (AvgIpc) is 2.79. The number of carbonyl (C=O) groups is 3. The zero-order valence-electron chi connectivity index (χ0n) is 13.7. The van der Waals surface area contributed by atoms with Crippen LogP contribution in [-0.4, -0.2) is 35.9 Å². The molecule has 0 saturated carbocycles. The minimum absolute atomic E-state index is 0.143. The van der Waals surface area contributed by atoms with Gasteiger partial charge in [-0.05, 0) is 6.07 Å². The van der Waals surface area contributed by atoms with Crippen molar-refractivity contribution in [3.8, 4) is 0 Å². The number of amides is 2. The van der Waals surface area contributed by atoms with Crippen molar-refractivity contribution in [2.24, 2.45) is 10.1 Å². The fourth-order valence-corrected chi connectivity index (χ4v) is 2.94. The number of hydrogen-bond donors (Lipinski definition) is 2. The van der Waals surface area contributed by atoms with E-state index in [1.54, 1.807) is 12.1 Å². The molecule has 2 aromatic rings. The lowest BCUT2D eigenvalue weighted by molar-refractivity contribution is -0.121. The summed E-state index contributed by atoms with van der Waals surface area (Å²) in [5, 5.41) is 7.17. The van der Waals surface area contributed by atoms with Gasteiger partial charge in [-0.3, -0.25) is 14.7 Å². The van der Waals surface area contributed by atoms with Crippen LogP contribution in [0.25, 0.3) is 0 Å². The molecule has 3 rings (SSSR count). The molecule has 0 fully saturated rings. The van der Waals surface area contributed by atoms with Crippen LogP contribution < -0.4 is 15.4 Å². The molecule has 1 aliphatic heterocycles. The molecule has 0 spiro atoms. The number of fused-ring (bicyclic) bond motifs is 1. The second kappa shape index (κ2) is 7.94. The molecule has 26 heavy (non-hydrogen) atoms. The number of aldehydes is 1. The van der Waals surface area contributed by atoms with Crippen molar-refractivity contribution in [1.29, 1.82) is 0 Å². The van der Waals surface area contributed by atoms with E-state index in [-0.39, 0.29) is 6.54 Å². The highest BCUT2D eigenvalue weighted by molar-refractivity contribution is 8.11. The highest BCUT2D eigenvalue weighted by atomic mass is 32.2. The maximum atomic E-state index is 12.9. The van der Waals surface area contributed by atoms with Gasteiger partial charge in [-0.15, -0.1) is 0 Å². The molecule has 0 aromatic heterocycles. The molecule has 0 saturated heterocycles. The molecule has 7 nitrogen and oxygen atoms in total. The fraction of sp³-hybridized carbons (Fsp3) is 0.111. The van der Waals surface area contributed by atoms with Gasteiger partial charge in [-0.25, -0.2) is 4.99 Å². The Morgan fingerprint density at radius 2 is 1.88 bits per heavy atom. The number of para-hydroxylation sites is 1. The van der Waals surface area contributed by atoms with Crippen LogP contribution >= 0.6 is 11.9 Å². The van der Waals surface area contributed by atoms with E-state index in [4.69, 9.17) is 5.14 Å². The van der Waals surface area contributed by atoms with E-state index in [0.717, 1.165) is 5.56 Å². The van der Waals surface area contributed by atoms with Gasteiger partial charge < -0.3 is 15.0 Å². The van der Waals surface area contributed by atoms with Gasteiger partial charge >= 0.3 is 0 Å². The monoisotopic (exact) mass is 368 g/mol. The fourth-order valence-electron chi connectivity index (χ4n) is 2.76. The van der Waals surface area contributed by atoms with Crippen molar-refractivity contribution >= 4 is 40.8 Å². The molecule has 0 aliphatic carbocycles. The number of benzene rings is 2. The number of nitrogens with zero attached hydrogens (tertiary/aromatic N) is 2. The first kappa shape index (κ1) is 17.8. The van der Waals surface area contributed by atoms with E-state index < -0.39 is 17.3 Å². The summed E-state index contributed by atoms with van der Waals surface area (Å²) in [6.07, 6.45) is -0.542. The summed E-state index contributed by atoms with van der Waals surface area (Å²) in [4.78, 5) is 41.6. The van der Waals surface area contributed by atoms with E-state index in [0.29, 0.717) is 35.2 Å². The minimum Gasteiger partial charge on any atom is -0.316 e. The van der Waals surface area contributed by atoms with Crippen molar-refractivity contribution in [3.05, 3.63) is 65.7 Å². The van der Waals surface area contributed by atoms with Gasteiger partial charge in [0, 0.05) is 23.1 Å². The predicted octanol–water partition coefficient (Wildman–Crippen LogP) is 1.71. The predicted molar refractivity (Wildman–Crippen MR) is 101 cm³/mol. The first-order valence-electron chi connectivity index (χ1n) is 7.80. The smallest absolute Gasteiger partial charge is 0.295 e. The number of rotatable bonds is 4. The van der Waals surface area contributed by atoms with Crippen molar-refractivity contribution in [1.82, 2.24) is 5.32 Å². The molecule has 1 aliphatic rings. The molecule has 0 radical (unpaired) electrons. The van der Waals surface area contributed by atoms with Gasteiger partial charge in [0.1, 0.15) is 6.29 Å². The Bertz CT molecular complexity index is 870. The number of carbonyl (C=O) groups excluding carboxylic acids is 3. The topological polar surface area (TPSA) is 105 Å². The van der Waals surface area contributed by atoms with Crippen LogP contribution in [0.5, 0.6) is 0 Å². The minimum atomic E-state index is -1.18. The number of nitrogens with two attached hydrogens (primary N) is 1. The highest BCUT2D eigenvalue weighted by Gasteiger charge is 2.32. The first-order chi connectivity index (χ1) is 12.7. The third-order valence-electron chi connectivity index (χ3n) is 3.87. The lowest BCUT2D eigenvalue weighted by atomic mass is 10.0. The lowest BCUT2D eigenvalue weighted by Crippen LogP contribution is -2.47. The number of hydrogen-bond acceptors (Lipinski definition) is 6. The molecule has 2 amide bonds. The molecular weight excluding hydrogens is 352 g/mol. The maximum Gasteiger partial charge on any atom is 0.295 e. The largest absolute Gasteiger partial charge is 0.316 e. The normalized spacial score (nSPS) is 16.3. The standard InChI is InChI=1S/C18H16N4O3S/c19-26-18(25)21-16-17(24)22(10-11-23)14-9-5-4-8-13(14)15(20-16)12-6-2-1-3-7-12/h1-9,11,16H,10,19H2,(H,21,25). The van der Waals surface area contributed by atoms with E-state index in [2.05, 4.69) is 10.3 Å². The summed E-state index contributed by atoms with van der Waals surface area (Å²) in [5.74, 6) is -0.502. The Hall–Kier alpha value is -2.97. The van der Waals surface area contributed by atoms with Crippen molar-refractivity contribution in [2.75, 3.05) is 11.4 Å². The molecular formula is C18H16N4O3S. The molecule has 1 heterocycles. The summed E-state index contributed by atoms with van der Waals surface area (Å²) in [6, 6.07) is 16.5. The first-order valence-corrected chi connectivity index (χ1v) is 8.68. The Labute approximate surface area is 154 Å². The van der Waals surface area contributed by atoms with Gasteiger partial charge in [0.15, 0.2) is 0 Å². The van der Waals surface area contributed by atoms with Crippen LogP contribution in [-0.2, 0) is 9.59 Å². The van der Waals surface area contributed by atoms with Crippen LogP contribution in [0.4, 0.5) is 10.5 Å². The third kappa shape index (κ3) is 3.51. The van der Waals surface area contributed by atoms with Crippen LogP contribution in [0, 0.1) is 0 Å². The molecule has 2 aromatic carbocycles. The van der Waals surface area contributed by atoms with Crippen LogP contribution in [0.3, 0.4) is 0 Å². The Morgan fingerprint density at radius 3 is 2.58 bits per heavy atom. The Morgan fingerprint density at radius 1 is 1.19 bits per heavy atom. The summed E-state index contributed by atoms with van der Waals surface area (Å²) in [6.45, 7) is -0.143. The number of benzodiazepines with no additional fused rings is 1. The Balaban J connectivity index is 2.19. The highest BCUT2D eigenvalue weighted by Crippen LogP contribution is 2.27. The van der Waals surface area contributed by atoms with Crippen molar-refractivity contribution in [3.63, 3.8) is 0 Å².